The molecule has 1 heterocycles. The van der Waals surface area contributed by atoms with Gasteiger partial charge in [-0.05, 0) is 37.5 Å². The molecule has 1 aromatic carbocycles. The summed E-state index contributed by atoms with van der Waals surface area (Å²) in [7, 11) is 0. The standard InChI is InChI=1S/C11H12N2O/c1-2-9(3-1)14-10-4-5-11-8(6-10)7-12-13-11/h4-7,9H,1-3H2,(H,12,13). The van der Waals surface area contributed by atoms with Crippen LogP contribution in [0.25, 0.3) is 10.9 Å². The molecule has 3 nitrogen and oxygen atoms in total. The third-order valence-electron chi connectivity index (χ3n) is 2.77. The first-order chi connectivity index (χ1) is 6.92. The van der Waals surface area contributed by atoms with Gasteiger partial charge in [0.2, 0.25) is 0 Å². The molecule has 0 radical (unpaired) electrons. The van der Waals surface area contributed by atoms with Gasteiger partial charge in [-0.25, -0.2) is 0 Å². The van der Waals surface area contributed by atoms with Gasteiger partial charge in [0.1, 0.15) is 5.75 Å². The predicted octanol–water partition coefficient (Wildman–Crippen LogP) is 2.49. The number of aromatic nitrogens is 2. The van der Waals surface area contributed by atoms with Crippen molar-refractivity contribution in [2.24, 2.45) is 0 Å². The molecule has 1 aliphatic rings. The molecule has 1 aromatic heterocycles. The summed E-state index contributed by atoms with van der Waals surface area (Å²) in [6.45, 7) is 0. The van der Waals surface area contributed by atoms with Crippen LogP contribution >= 0.6 is 0 Å². The summed E-state index contributed by atoms with van der Waals surface area (Å²) >= 11 is 0. The fourth-order valence-electron chi connectivity index (χ4n) is 1.68. The summed E-state index contributed by atoms with van der Waals surface area (Å²) in [6.07, 6.45) is 5.97. The van der Waals surface area contributed by atoms with Gasteiger partial charge < -0.3 is 4.74 Å². The van der Waals surface area contributed by atoms with Gasteiger partial charge in [-0.3, -0.25) is 5.10 Å². The third-order valence-corrected chi connectivity index (χ3v) is 2.77. The van der Waals surface area contributed by atoms with E-state index < -0.39 is 0 Å². The van der Waals surface area contributed by atoms with Gasteiger partial charge in [0.15, 0.2) is 0 Å². The van der Waals surface area contributed by atoms with E-state index in [1.54, 1.807) is 0 Å². The van der Waals surface area contributed by atoms with Gasteiger partial charge in [-0.2, -0.15) is 5.10 Å². The zero-order valence-electron chi connectivity index (χ0n) is 7.86. The van der Waals surface area contributed by atoms with E-state index in [1.165, 1.54) is 19.3 Å². The summed E-state index contributed by atoms with van der Waals surface area (Å²) < 4.78 is 5.79. The molecule has 14 heavy (non-hydrogen) atoms. The minimum atomic E-state index is 0.444. The van der Waals surface area contributed by atoms with Crippen LogP contribution in [0, 0.1) is 0 Å². The van der Waals surface area contributed by atoms with E-state index in [0.717, 1.165) is 16.7 Å². The first kappa shape index (κ1) is 7.85. The SMILES string of the molecule is c1cc2[nH]ncc2cc1OC1CCC1. The zero-order chi connectivity index (χ0) is 9.38. The first-order valence-corrected chi connectivity index (χ1v) is 5.01. The summed E-state index contributed by atoms with van der Waals surface area (Å²) in [5.41, 5.74) is 1.06. The Morgan fingerprint density at radius 3 is 3.07 bits per heavy atom. The molecule has 0 atom stereocenters. The van der Waals surface area contributed by atoms with Crippen molar-refractivity contribution in [2.45, 2.75) is 25.4 Å². The highest BCUT2D eigenvalue weighted by molar-refractivity contribution is 5.79. The molecule has 3 rings (SSSR count). The number of hydrogen-bond donors (Lipinski definition) is 1. The molecule has 1 fully saturated rings. The van der Waals surface area contributed by atoms with E-state index in [-0.39, 0.29) is 0 Å². The fraction of sp³-hybridized carbons (Fsp3) is 0.364. The Labute approximate surface area is 82.1 Å². The first-order valence-electron chi connectivity index (χ1n) is 5.01. The molecule has 2 aromatic rings. The average molecular weight is 188 g/mol. The highest BCUT2D eigenvalue weighted by Gasteiger charge is 2.18. The molecule has 3 heteroatoms. The van der Waals surface area contributed by atoms with Crippen LogP contribution in [0.3, 0.4) is 0 Å². The van der Waals surface area contributed by atoms with E-state index in [0.29, 0.717) is 6.10 Å². The lowest BCUT2D eigenvalue weighted by Gasteiger charge is -2.26. The van der Waals surface area contributed by atoms with Crippen LogP contribution < -0.4 is 4.74 Å². The lowest BCUT2D eigenvalue weighted by molar-refractivity contribution is 0.120. The summed E-state index contributed by atoms with van der Waals surface area (Å²) in [5, 5.41) is 8.01. The zero-order valence-corrected chi connectivity index (χ0v) is 7.86. The highest BCUT2D eigenvalue weighted by atomic mass is 16.5. The number of hydrogen-bond acceptors (Lipinski definition) is 2. The smallest absolute Gasteiger partial charge is 0.120 e. The van der Waals surface area contributed by atoms with Crippen molar-refractivity contribution in [3.63, 3.8) is 0 Å². The number of aromatic amines is 1. The van der Waals surface area contributed by atoms with Gasteiger partial charge in [-0.1, -0.05) is 0 Å². The Morgan fingerprint density at radius 2 is 2.29 bits per heavy atom. The number of nitrogens with one attached hydrogen (secondary N) is 1. The summed E-state index contributed by atoms with van der Waals surface area (Å²) in [5.74, 6) is 0.962. The summed E-state index contributed by atoms with van der Waals surface area (Å²) in [6, 6.07) is 6.05. The number of benzene rings is 1. The van der Waals surface area contributed by atoms with E-state index in [1.807, 2.05) is 24.4 Å². The Morgan fingerprint density at radius 1 is 1.36 bits per heavy atom. The number of fused-ring (bicyclic) bond motifs is 1. The van der Waals surface area contributed by atoms with E-state index >= 15 is 0 Å². The largest absolute Gasteiger partial charge is 0.490 e. The Kier molecular flexibility index (Phi) is 1.69. The molecular weight excluding hydrogens is 176 g/mol. The topological polar surface area (TPSA) is 37.9 Å². The van der Waals surface area contributed by atoms with Crippen LogP contribution in [0.5, 0.6) is 5.75 Å². The van der Waals surface area contributed by atoms with E-state index in [4.69, 9.17) is 4.74 Å². The molecule has 0 saturated heterocycles. The van der Waals surface area contributed by atoms with Gasteiger partial charge >= 0.3 is 0 Å². The van der Waals surface area contributed by atoms with Gasteiger partial charge in [0.25, 0.3) is 0 Å². The summed E-state index contributed by atoms with van der Waals surface area (Å²) in [4.78, 5) is 0. The normalized spacial score (nSPS) is 16.9. The van der Waals surface area contributed by atoms with Crippen molar-refractivity contribution >= 4 is 10.9 Å². The van der Waals surface area contributed by atoms with Crippen LogP contribution in [0.2, 0.25) is 0 Å². The fourth-order valence-corrected chi connectivity index (χ4v) is 1.68. The predicted molar refractivity (Wildman–Crippen MR) is 54.4 cm³/mol. The van der Waals surface area contributed by atoms with Crippen molar-refractivity contribution in [3.05, 3.63) is 24.4 Å². The Hall–Kier alpha value is -1.51. The van der Waals surface area contributed by atoms with Crippen molar-refractivity contribution in [1.29, 1.82) is 0 Å². The van der Waals surface area contributed by atoms with Crippen LogP contribution in [0.1, 0.15) is 19.3 Å². The van der Waals surface area contributed by atoms with Crippen molar-refractivity contribution in [1.82, 2.24) is 10.2 Å². The minimum Gasteiger partial charge on any atom is -0.490 e. The van der Waals surface area contributed by atoms with Gasteiger partial charge in [-0.15, -0.1) is 0 Å². The Bertz CT molecular complexity index is 445. The van der Waals surface area contributed by atoms with Crippen LogP contribution in [-0.4, -0.2) is 16.3 Å². The number of nitrogens with zero attached hydrogens (tertiary/aromatic N) is 1. The maximum atomic E-state index is 5.79. The molecule has 1 N–H and O–H groups in total. The highest BCUT2D eigenvalue weighted by Crippen LogP contribution is 2.26. The quantitative estimate of drug-likeness (QED) is 0.786. The maximum absolute atomic E-state index is 5.79. The number of H-pyrrole nitrogens is 1. The third kappa shape index (κ3) is 1.25. The lowest BCUT2D eigenvalue weighted by atomic mass is 9.96. The average Bonchev–Trinajstić information content (AvgIpc) is 2.58. The van der Waals surface area contributed by atoms with Crippen molar-refractivity contribution in [2.75, 3.05) is 0 Å². The van der Waals surface area contributed by atoms with Crippen LogP contribution in [0.15, 0.2) is 24.4 Å². The van der Waals surface area contributed by atoms with E-state index in [9.17, 15) is 0 Å². The molecule has 0 amide bonds. The number of ether oxygens (including phenoxy) is 1. The molecule has 1 aliphatic carbocycles. The monoisotopic (exact) mass is 188 g/mol. The second-order valence-electron chi connectivity index (χ2n) is 3.79. The molecule has 0 aliphatic heterocycles. The molecule has 1 saturated carbocycles. The molecule has 72 valence electrons. The van der Waals surface area contributed by atoms with Gasteiger partial charge in [0.05, 0.1) is 17.8 Å². The second kappa shape index (κ2) is 3.01. The lowest BCUT2D eigenvalue weighted by Crippen LogP contribution is -2.24. The Balaban J connectivity index is 1.88. The molecule has 0 bridgehead atoms. The minimum absolute atomic E-state index is 0.444. The second-order valence-corrected chi connectivity index (χ2v) is 3.79. The molecular formula is C11H12N2O. The van der Waals surface area contributed by atoms with Crippen molar-refractivity contribution in [3.8, 4) is 5.75 Å². The molecule has 0 spiro atoms. The van der Waals surface area contributed by atoms with Crippen molar-refractivity contribution < 1.29 is 4.74 Å². The van der Waals surface area contributed by atoms with Crippen LogP contribution in [0.4, 0.5) is 0 Å². The molecule has 0 unspecified atom stereocenters. The number of rotatable bonds is 2. The van der Waals surface area contributed by atoms with Crippen LogP contribution in [-0.2, 0) is 0 Å². The van der Waals surface area contributed by atoms with E-state index in [2.05, 4.69) is 10.2 Å². The maximum Gasteiger partial charge on any atom is 0.120 e. The van der Waals surface area contributed by atoms with Gasteiger partial charge in [0, 0.05) is 5.39 Å².